The molecule has 1 aliphatic rings. The average molecular weight is 165 g/mol. The minimum absolute atomic E-state index is 0.666. The summed E-state index contributed by atoms with van der Waals surface area (Å²) in [5, 5.41) is 10.3. The number of H-pyrrole nitrogens is 1. The van der Waals surface area contributed by atoms with E-state index in [1.54, 1.807) is 6.20 Å². The van der Waals surface area contributed by atoms with Gasteiger partial charge in [0.1, 0.15) is 5.82 Å². The standard InChI is InChI=1S/C9H15N3/c1-2-4-8(5-3-1)11-9-6-7-10-12-9/h6-8H,1-5H2,(H2,10,11,12). The Labute approximate surface area is 72.6 Å². The predicted molar refractivity (Wildman–Crippen MR) is 49.1 cm³/mol. The molecular weight excluding hydrogens is 150 g/mol. The quantitative estimate of drug-likeness (QED) is 0.705. The number of aromatic nitrogens is 2. The van der Waals surface area contributed by atoms with E-state index in [4.69, 9.17) is 0 Å². The largest absolute Gasteiger partial charge is 0.368 e. The fourth-order valence-corrected chi connectivity index (χ4v) is 1.80. The van der Waals surface area contributed by atoms with Gasteiger partial charge in [0.15, 0.2) is 0 Å². The molecule has 2 N–H and O–H groups in total. The molecular formula is C9H15N3. The SMILES string of the molecule is c1cc(NC2CCCCC2)[nH]n1. The Hall–Kier alpha value is -0.990. The molecule has 66 valence electrons. The monoisotopic (exact) mass is 165 g/mol. The third kappa shape index (κ3) is 1.78. The minimum Gasteiger partial charge on any atom is -0.368 e. The van der Waals surface area contributed by atoms with Crippen LogP contribution in [0.1, 0.15) is 32.1 Å². The smallest absolute Gasteiger partial charge is 0.121 e. The van der Waals surface area contributed by atoms with Crippen LogP contribution in [-0.4, -0.2) is 16.2 Å². The highest BCUT2D eigenvalue weighted by molar-refractivity contribution is 5.32. The van der Waals surface area contributed by atoms with E-state index in [2.05, 4.69) is 15.5 Å². The van der Waals surface area contributed by atoms with Crippen LogP contribution in [0.2, 0.25) is 0 Å². The lowest BCUT2D eigenvalue weighted by molar-refractivity contribution is 0.462. The first-order chi connectivity index (χ1) is 5.95. The van der Waals surface area contributed by atoms with Gasteiger partial charge in [-0.1, -0.05) is 19.3 Å². The van der Waals surface area contributed by atoms with E-state index in [1.807, 2.05) is 6.07 Å². The molecule has 1 saturated carbocycles. The lowest BCUT2D eigenvalue weighted by Gasteiger charge is -2.22. The second-order valence-electron chi connectivity index (χ2n) is 3.45. The molecule has 0 bridgehead atoms. The number of rotatable bonds is 2. The summed E-state index contributed by atoms with van der Waals surface area (Å²) in [6, 6.07) is 2.65. The van der Waals surface area contributed by atoms with Crippen molar-refractivity contribution < 1.29 is 0 Å². The van der Waals surface area contributed by atoms with Gasteiger partial charge < -0.3 is 5.32 Å². The van der Waals surface area contributed by atoms with Crippen molar-refractivity contribution in [2.24, 2.45) is 0 Å². The van der Waals surface area contributed by atoms with Gasteiger partial charge in [-0.05, 0) is 18.9 Å². The van der Waals surface area contributed by atoms with E-state index in [-0.39, 0.29) is 0 Å². The van der Waals surface area contributed by atoms with Crippen LogP contribution in [0.3, 0.4) is 0 Å². The molecule has 1 aliphatic carbocycles. The molecule has 1 aromatic rings. The summed E-state index contributed by atoms with van der Waals surface area (Å²) in [6.07, 6.45) is 8.53. The first kappa shape index (κ1) is 7.65. The van der Waals surface area contributed by atoms with Crippen LogP contribution >= 0.6 is 0 Å². The van der Waals surface area contributed by atoms with Gasteiger partial charge in [0.05, 0.1) is 6.20 Å². The average Bonchev–Trinajstić information content (AvgIpc) is 2.59. The zero-order valence-corrected chi connectivity index (χ0v) is 7.21. The van der Waals surface area contributed by atoms with Crippen molar-refractivity contribution in [3.05, 3.63) is 12.3 Å². The van der Waals surface area contributed by atoms with Crippen molar-refractivity contribution >= 4 is 5.82 Å². The van der Waals surface area contributed by atoms with E-state index in [0.29, 0.717) is 6.04 Å². The molecule has 12 heavy (non-hydrogen) atoms. The van der Waals surface area contributed by atoms with Crippen molar-refractivity contribution in [3.8, 4) is 0 Å². The van der Waals surface area contributed by atoms with Gasteiger partial charge in [-0.2, -0.15) is 5.10 Å². The third-order valence-corrected chi connectivity index (χ3v) is 2.47. The molecule has 0 amide bonds. The summed E-state index contributed by atoms with van der Waals surface area (Å²) < 4.78 is 0. The molecule has 0 unspecified atom stereocenters. The lowest BCUT2D eigenvalue weighted by atomic mass is 9.96. The second-order valence-corrected chi connectivity index (χ2v) is 3.45. The molecule has 0 aliphatic heterocycles. The van der Waals surface area contributed by atoms with E-state index >= 15 is 0 Å². The molecule has 0 saturated heterocycles. The number of nitrogens with zero attached hydrogens (tertiary/aromatic N) is 1. The molecule has 1 fully saturated rings. The van der Waals surface area contributed by atoms with Gasteiger partial charge in [0.2, 0.25) is 0 Å². The van der Waals surface area contributed by atoms with Crippen LogP contribution in [-0.2, 0) is 0 Å². The zero-order chi connectivity index (χ0) is 8.23. The Bertz CT molecular complexity index is 212. The number of hydrogen-bond acceptors (Lipinski definition) is 2. The van der Waals surface area contributed by atoms with Crippen molar-refractivity contribution in [1.29, 1.82) is 0 Å². The summed E-state index contributed by atoms with van der Waals surface area (Å²) in [5.74, 6) is 1.06. The van der Waals surface area contributed by atoms with Crippen molar-refractivity contribution in [2.45, 2.75) is 38.1 Å². The van der Waals surface area contributed by atoms with Crippen LogP contribution in [0.5, 0.6) is 0 Å². The highest BCUT2D eigenvalue weighted by Gasteiger charge is 2.12. The number of anilines is 1. The Morgan fingerprint density at radius 1 is 1.33 bits per heavy atom. The van der Waals surface area contributed by atoms with E-state index in [9.17, 15) is 0 Å². The topological polar surface area (TPSA) is 40.7 Å². The number of hydrogen-bond donors (Lipinski definition) is 2. The van der Waals surface area contributed by atoms with Crippen molar-refractivity contribution in [2.75, 3.05) is 5.32 Å². The van der Waals surface area contributed by atoms with Crippen molar-refractivity contribution in [1.82, 2.24) is 10.2 Å². The summed E-state index contributed by atoms with van der Waals surface area (Å²) in [4.78, 5) is 0. The first-order valence-electron chi connectivity index (χ1n) is 4.71. The van der Waals surface area contributed by atoms with Crippen LogP contribution in [0, 0.1) is 0 Å². The van der Waals surface area contributed by atoms with Gasteiger partial charge in [-0.15, -0.1) is 0 Å². The van der Waals surface area contributed by atoms with Gasteiger partial charge in [0, 0.05) is 6.04 Å². The predicted octanol–water partition coefficient (Wildman–Crippen LogP) is 2.15. The fourth-order valence-electron chi connectivity index (χ4n) is 1.80. The maximum absolute atomic E-state index is 3.90. The zero-order valence-electron chi connectivity index (χ0n) is 7.21. The molecule has 1 aromatic heterocycles. The maximum atomic E-state index is 3.90. The van der Waals surface area contributed by atoms with Gasteiger partial charge in [0.25, 0.3) is 0 Å². The van der Waals surface area contributed by atoms with Crippen LogP contribution in [0.15, 0.2) is 12.3 Å². The molecule has 3 nitrogen and oxygen atoms in total. The Kier molecular flexibility index (Phi) is 2.30. The number of aromatic amines is 1. The van der Waals surface area contributed by atoms with E-state index < -0.39 is 0 Å². The molecule has 3 heteroatoms. The summed E-state index contributed by atoms with van der Waals surface area (Å²) >= 11 is 0. The summed E-state index contributed by atoms with van der Waals surface area (Å²) in [5.41, 5.74) is 0. The van der Waals surface area contributed by atoms with Crippen molar-refractivity contribution in [3.63, 3.8) is 0 Å². The normalized spacial score (nSPS) is 19.3. The van der Waals surface area contributed by atoms with E-state index in [0.717, 1.165) is 5.82 Å². The highest BCUT2D eigenvalue weighted by Crippen LogP contribution is 2.20. The van der Waals surface area contributed by atoms with Gasteiger partial charge in [-0.25, -0.2) is 0 Å². The highest BCUT2D eigenvalue weighted by atomic mass is 15.2. The maximum Gasteiger partial charge on any atom is 0.121 e. The Balaban J connectivity index is 1.86. The molecule has 0 aromatic carbocycles. The molecule has 0 spiro atoms. The summed E-state index contributed by atoms with van der Waals surface area (Å²) in [6.45, 7) is 0. The van der Waals surface area contributed by atoms with Gasteiger partial charge in [-0.3, -0.25) is 5.10 Å². The molecule has 0 atom stereocenters. The lowest BCUT2D eigenvalue weighted by Crippen LogP contribution is -2.22. The third-order valence-electron chi connectivity index (χ3n) is 2.47. The Morgan fingerprint density at radius 2 is 2.17 bits per heavy atom. The number of nitrogens with one attached hydrogen (secondary N) is 2. The Morgan fingerprint density at radius 3 is 2.83 bits per heavy atom. The van der Waals surface area contributed by atoms with Crippen LogP contribution in [0.25, 0.3) is 0 Å². The summed E-state index contributed by atoms with van der Waals surface area (Å²) in [7, 11) is 0. The second kappa shape index (κ2) is 3.61. The molecule has 2 rings (SSSR count). The molecule has 0 radical (unpaired) electrons. The minimum atomic E-state index is 0.666. The fraction of sp³-hybridized carbons (Fsp3) is 0.667. The van der Waals surface area contributed by atoms with Crippen LogP contribution in [0.4, 0.5) is 5.82 Å². The van der Waals surface area contributed by atoms with Gasteiger partial charge >= 0.3 is 0 Å². The first-order valence-corrected chi connectivity index (χ1v) is 4.71. The van der Waals surface area contributed by atoms with E-state index in [1.165, 1.54) is 32.1 Å². The van der Waals surface area contributed by atoms with Crippen LogP contribution < -0.4 is 5.32 Å². The molecule has 1 heterocycles.